The molecule has 2 aromatic carbocycles. The smallest absolute Gasteiger partial charge is 0.228 e. The number of likely N-dealkylation sites (N-methyl/N-ethyl adjacent to an activating group) is 1. The average molecular weight is 399 g/mol. The van der Waals surface area contributed by atoms with Gasteiger partial charge in [0, 0.05) is 31.7 Å². The van der Waals surface area contributed by atoms with Crippen molar-refractivity contribution in [3.05, 3.63) is 42.0 Å². The molecule has 0 bridgehead atoms. The molecule has 1 heterocycles. The molecule has 3 rings (SSSR count). The Balaban J connectivity index is 1.77. The maximum absolute atomic E-state index is 12.8. The minimum absolute atomic E-state index is 0.114. The highest BCUT2D eigenvalue weighted by molar-refractivity contribution is 5.96. The van der Waals surface area contributed by atoms with Gasteiger partial charge in [0.15, 0.2) is 11.5 Å². The molecule has 0 aliphatic carbocycles. The van der Waals surface area contributed by atoms with E-state index >= 15 is 0 Å². The fourth-order valence-electron chi connectivity index (χ4n) is 3.57. The van der Waals surface area contributed by atoms with E-state index in [4.69, 9.17) is 14.2 Å². The molecule has 0 spiro atoms. The van der Waals surface area contributed by atoms with Crippen molar-refractivity contribution < 1.29 is 19.0 Å². The Hall–Kier alpha value is -2.93. The number of carbonyl (C=O) groups is 1. The SMILES string of the molecule is COc1ccc(CC(=O)Nc2ccccc2N2CCN(C)CC2)c(OC)c1OC. The molecule has 29 heavy (non-hydrogen) atoms. The van der Waals surface area contributed by atoms with Crippen LogP contribution in [0.5, 0.6) is 17.2 Å². The lowest BCUT2D eigenvalue weighted by Gasteiger charge is -2.35. The van der Waals surface area contributed by atoms with E-state index in [1.807, 2.05) is 24.3 Å². The van der Waals surface area contributed by atoms with E-state index in [0.29, 0.717) is 17.2 Å². The molecule has 1 aliphatic heterocycles. The number of hydrogen-bond acceptors (Lipinski definition) is 6. The molecule has 1 amide bonds. The van der Waals surface area contributed by atoms with Crippen molar-refractivity contribution in [2.45, 2.75) is 6.42 Å². The van der Waals surface area contributed by atoms with Gasteiger partial charge >= 0.3 is 0 Å². The quantitative estimate of drug-likeness (QED) is 0.772. The molecule has 0 atom stereocenters. The lowest BCUT2D eigenvalue weighted by atomic mass is 10.1. The number of methoxy groups -OCH3 is 3. The number of para-hydroxylation sites is 2. The first kappa shape index (κ1) is 20.8. The van der Waals surface area contributed by atoms with Gasteiger partial charge in [-0.1, -0.05) is 18.2 Å². The van der Waals surface area contributed by atoms with E-state index in [0.717, 1.165) is 43.1 Å². The van der Waals surface area contributed by atoms with Gasteiger partial charge in [0.05, 0.1) is 39.1 Å². The molecule has 1 fully saturated rings. The Morgan fingerprint density at radius 2 is 1.62 bits per heavy atom. The Labute approximate surface area is 172 Å². The molecule has 0 unspecified atom stereocenters. The molecule has 1 aliphatic rings. The molecule has 7 heteroatoms. The van der Waals surface area contributed by atoms with Gasteiger partial charge in [-0.3, -0.25) is 4.79 Å². The Morgan fingerprint density at radius 3 is 2.28 bits per heavy atom. The summed E-state index contributed by atoms with van der Waals surface area (Å²) in [4.78, 5) is 17.4. The number of amides is 1. The molecule has 1 N–H and O–H groups in total. The van der Waals surface area contributed by atoms with Crippen LogP contribution in [0, 0.1) is 0 Å². The third kappa shape index (κ3) is 4.74. The summed E-state index contributed by atoms with van der Waals surface area (Å²) in [5.41, 5.74) is 2.61. The van der Waals surface area contributed by atoms with Gasteiger partial charge in [0.2, 0.25) is 11.7 Å². The van der Waals surface area contributed by atoms with Gasteiger partial charge < -0.3 is 29.3 Å². The topological polar surface area (TPSA) is 63.3 Å². The van der Waals surface area contributed by atoms with Crippen LogP contribution >= 0.6 is 0 Å². The molecule has 7 nitrogen and oxygen atoms in total. The largest absolute Gasteiger partial charge is 0.493 e. The Morgan fingerprint density at radius 1 is 0.931 bits per heavy atom. The molecular weight excluding hydrogens is 370 g/mol. The highest BCUT2D eigenvalue weighted by Gasteiger charge is 2.20. The van der Waals surface area contributed by atoms with Gasteiger partial charge in [-0.25, -0.2) is 0 Å². The van der Waals surface area contributed by atoms with Crippen molar-refractivity contribution in [2.24, 2.45) is 0 Å². The number of rotatable bonds is 7. The predicted octanol–water partition coefficient (Wildman–Crippen LogP) is 2.65. The van der Waals surface area contributed by atoms with Gasteiger partial charge in [-0.05, 0) is 25.2 Å². The van der Waals surface area contributed by atoms with Crippen molar-refractivity contribution in [2.75, 3.05) is 64.8 Å². The minimum atomic E-state index is -0.114. The maximum atomic E-state index is 12.8. The molecule has 1 saturated heterocycles. The summed E-state index contributed by atoms with van der Waals surface area (Å²) in [6.45, 7) is 3.88. The molecule has 156 valence electrons. The van der Waals surface area contributed by atoms with Crippen LogP contribution in [0.4, 0.5) is 11.4 Å². The zero-order chi connectivity index (χ0) is 20.8. The summed E-state index contributed by atoms with van der Waals surface area (Å²) in [5.74, 6) is 1.44. The van der Waals surface area contributed by atoms with Crippen LogP contribution in [0.3, 0.4) is 0 Å². The molecule has 0 aromatic heterocycles. The highest BCUT2D eigenvalue weighted by Crippen LogP contribution is 2.40. The number of piperazine rings is 1. The standard InChI is InChI=1S/C22H29N3O4/c1-24-11-13-25(14-12-24)18-8-6-5-7-17(18)23-20(26)15-16-9-10-19(27-2)22(29-4)21(16)28-3/h5-10H,11-15H2,1-4H3,(H,23,26). The average Bonchev–Trinajstić information content (AvgIpc) is 2.74. The van der Waals surface area contributed by atoms with Gasteiger partial charge in [-0.15, -0.1) is 0 Å². The van der Waals surface area contributed by atoms with E-state index in [1.54, 1.807) is 27.4 Å². The Bertz CT molecular complexity index is 848. The molecule has 0 saturated carbocycles. The summed E-state index contributed by atoms with van der Waals surface area (Å²) in [5, 5.41) is 3.06. The summed E-state index contributed by atoms with van der Waals surface area (Å²) < 4.78 is 16.2. The zero-order valence-electron chi connectivity index (χ0n) is 17.5. The molecular formula is C22H29N3O4. The van der Waals surface area contributed by atoms with Crippen LogP contribution in [0.15, 0.2) is 36.4 Å². The van der Waals surface area contributed by atoms with Gasteiger partial charge in [-0.2, -0.15) is 0 Å². The van der Waals surface area contributed by atoms with Crippen LogP contribution in [0.1, 0.15) is 5.56 Å². The molecule has 0 radical (unpaired) electrons. The van der Waals surface area contributed by atoms with Crippen LogP contribution in [0.25, 0.3) is 0 Å². The number of nitrogens with one attached hydrogen (secondary N) is 1. The monoisotopic (exact) mass is 399 g/mol. The number of nitrogens with zero attached hydrogens (tertiary/aromatic N) is 2. The van der Waals surface area contributed by atoms with Crippen molar-refractivity contribution >= 4 is 17.3 Å². The normalized spacial score (nSPS) is 14.4. The van der Waals surface area contributed by atoms with E-state index in [2.05, 4.69) is 28.2 Å². The van der Waals surface area contributed by atoms with Crippen molar-refractivity contribution in [3.63, 3.8) is 0 Å². The second kappa shape index (κ2) is 9.52. The van der Waals surface area contributed by atoms with E-state index in [9.17, 15) is 4.79 Å². The van der Waals surface area contributed by atoms with Crippen molar-refractivity contribution in [3.8, 4) is 17.2 Å². The van der Waals surface area contributed by atoms with Crippen LogP contribution in [0.2, 0.25) is 0 Å². The summed E-state index contributed by atoms with van der Waals surface area (Å²) in [6.07, 6.45) is 0.167. The van der Waals surface area contributed by atoms with E-state index in [-0.39, 0.29) is 12.3 Å². The number of ether oxygens (including phenoxy) is 3. The van der Waals surface area contributed by atoms with Crippen LogP contribution in [-0.2, 0) is 11.2 Å². The number of benzene rings is 2. The maximum Gasteiger partial charge on any atom is 0.228 e. The summed E-state index contributed by atoms with van der Waals surface area (Å²) >= 11 is 0. The van der Waals surface area contributed by atoms with Gasteiger partial charge in [0.1, 0.15) is 0 Å². The Kier molecular flexibility index (Phi) is 6.82. The third-order valence-corrected chi connectivity index (χ3v) is 5.16. The predicted molar refractivity (Wildman–Crippen MR) is 115 cm³/mol. The van der Waals surface area contributed by atoms with E-state index < -0.39 is 0 Å². The number of anilines is 2. The summed E-state index contributed by atoms with van der Waals surface area (Å²) in [7, 11) is 6.80. The minimum Gasteiger partial charge on any atom is -0.493 e. The van der Waals surface area contributed by atoms with Crippen LogP contribution in [-0.4, -0.2) is 65.4 Å². The second-order valence-corrected chi connectivity index (χ2v) is 7.03. The van der Waals surface area contributed by atoms with Crippen molar-refractivity contribution in [1.29, 1.82) is 0 Å². The number of hydrogen-bond donors (Lipinski definition) is 1. The lowest BCUT2D eigenvalue weighted by Crippen LogP contribution is -2.44. The van der Waals surface area contributed by atoms with Crippen LogP contribution < -0.4 is 24.4 Å². The summed E-state index contributed by atoms with van der Waals surface area (Å²) in [6, 6.07) is 11.5. The second-order valence-electron chi connectivity index (χ2n) is 7.03. The first-order chi connectivity index (χ1) is 14.1. The number of carbonyl (C=O) groups excluding carboxylic acids is 1. The van der Waals surface area contributed by atoms with E-state index in [1.165, 1.54) is 0 Å². The zero-order valence-corrected chi connectivity index (χ0v) is 17.5. The fourth-order valence-corrected chi connectivity index (χ4v) is 3.57. The lowest BCUT2D eigenvalue weighted by molar-refractivity contribution is -0.115. The van der Waals surface area contributed by atoms with Crippen molar-refractivity contribution in [1.82, 2.24) is 4.90 Å². The highest BCUT2D eigenvalue weighted by atomic mass is 16.5. The first-order valence-corrected chi connectivity index (χ1v) is 9.67. The molecule has 2 aromatic rings. The third-order valence-electron chi connectivity index (χ3n) is 5.16. The fraction of sp³-hybridized carbons (Fsp3) is 0.409. The van der Waals surface area contributed by atoms with Gasteiger partial charge in [0.25, 0.3) is 0 Å². The first-order valence-electron chi connectivity index (χ1n) is 9.67.